The summed E-state index contributed by atoms with van der Waals surface area (Å²) in [6.45, 7) is 1.06. The fraction of sp³-hybridized carbons (Fsp3) is 0.136. The highest BCUT2D eigenvalue weighted by Gasteiger charge is 2.29. The summed E-state index contributed by atoms with van der Waals surface area (Å²) in [6.07, 6.45) is -4.31. The zero-order valence-corrected chi connectivity index (χ0v) is 15.0. The van der Waals surface area contributed by atoms with E-state index in [2.05, 4.69) is 5.32 Å². The van der Waals surface area contributed by atoms with Gasteiger partial charge in [0.1, 0.15) is 0 Å². The SMILES string of the molecule is NC(=O)c1cccc(-c2ccc(CNCc3ccc(C(F)(F)F)cc3)cc2)c1. The maximum Gasteiger partial charge on any atom is 0.416 e. The molecule has 0 fully saturated rings. The van der Waals surface area contributed by atoms with Gasteiger partial charge in [-0.3, -0.25) is 4.79 Å². The molecule has 0 saturated carbocycles. The number of halogens is 3. The molecule has 0 radical (unpaired) electrons. The fourth-order valence-electron chi connectivity index (χ4n) is 2.83. The Bertz CT molecular complexity index is 949. The average Bonchev–Trinajstić information content (AvgIpc) is 2.68. The molecular formula is C22H19F3N2O. The van der Waals surface area contributed by atoms with Crippen molar-refractivity contribution in [2.45, 2.75) is 19.3 Å². The van der Waals surface area contributed by atoms with Crippen LogP contribution in [0.25, 0.3) is 11.1 Å². The van der Waals surface area contributed by atoms with Crippen molar-refractivity contribution in [2.24, 2.45) is 5.73 Å². The van der Waals surface area contributed by atoms with Crippen molar-refractivity contribution >= 4 is 5.91 Å². The monoisotopic (exact) mass is 384 g/mol. The first-order chi connectivity index (χ1) is 13.3. The van der Waals surface area contributed by atoms with Crippen molar-refractivity contribution < 1.29 is 18.0 Å². The van der Waals surface area contributed by atoms with Crippen LogP contribution in [-0.2, 0) is 19.3 Å². The normalized spacial score (nSPS) is 11.4. The van der Waals surface area contributed by atoms with Crippen LogP contribution in [0.4, 0.5) is 13.2 Å². The first-order valence-electron chi connectivity index (χ1n) is 8.69. The minimum atomic E-state index is -4.31. The summed E-state index contributed by atoms with van der Waals surface area (Å²) in [5, 5.41) is 3.22. The first-order valence-corrected chi connectivity index (χ1v) is 8.69. The van der Waals surface area contributed by atoms with Gasteiger partial charge < -0.3 is 11.1 Å². The van der Waals surface area contributed by atoms with Crippen molar-refractivity contribution in [2.75, 3.05) is 0 Å². The first kappa shape index (κ1) is 19.6. The Hall–Kier alpha value is -3.12. The van der Waals surface area contributed by atoms with E-state index in [4.69, 9.17) is 5.73 Å². The van der Waals surface area contributed by atoms with Gasteiger partial charge in [0, 0.05) is 18.7 Å². The topological polar surface area (TPSA) is 55.1 Å². The highest BCUT2D eigenvalue weighted by Crippen LogP contribution is 2.29. The number of amides is 1. The van der Waals surface area contributed by atoms with E-state index in [0.29, 0.717) is 18.7 Å². The summed E-state index contributed by atoms with van der Waals surface area (Å²) in [4.78, 5) is 11.3. The Morgan fingerprint density at radius 1 is 0.821 bits per heavy atom. The van der Waals surface area contributed by atoms with Crippen LogP contribution in [0.1, 0.15) is 27.0 Å². The van der Waals surface area contributed by atoms with Crippen molar-refractivity contribution in [1.82, 2.24) is 5.32 Å². The second-order valence-electron chi connectivity index (χ2n) is 6.44. The quantitative estimate of drug-likeness (QED) is 0.644. The van der Waals surface area contributed by atoms with E-state index >= 15 is 0 Å². The van der Waals surface area contributed by atoms with Gasteiger partial charge in [0.15, 0.2) is 0 Å². The standard InChI is InChI=1S/C22H19F3N2O/c23-22(24,25)20-10-6-16(7-11-20)14-27-13-15-4-8-17(9-5-15)18-2-1-3-19(12-18)21(26)28/h1-12,27H,13-14H2,(H2,26,28). The van der Waals surface area contributed by atoms with Crippen LogP contribution in [-0.4, -0.2) is 5.91 Å². The second kappa shape index (κ2) is 8.27. The van der Waals surface area contributed by atoms with Gasteiger partial charge in [-0.1, -0.05) is 48.5 Å². The number of carbonyl (C=O) groups is 1. The van der Waals surface area contributed by atoms with Gasteiger partial charge in [-0.05, 0) is 46.5 Å². The molecule has 144 valence electrons. The van der Waals surface area contributed by atoms with Gasteiger partial charge in [-0.2, -0.15) is 13.2 Å². The van der Waals surface area contributed by atoms with Gasteiger partial charge in [0.05, 0.1) is 5.56 Å². The number of primary amides is 1. The lowest BCUT2D eigenvalue weighted by molar-refractivity contribution is -0.137. The molecule has 1 amide bonds. The van der Waals surface area contributed by atoms with Gasteiger partial charge in [0.2, 0.25) is 5.91 Å². The van der Waals surface area contributed by atoms with Gasteiger partial charge >= 0.3 is 6.18 Å². The van der Waals surface area contributed by atoms with Crippen LogP contribution in [0.5, 0.6) is 0 Å². The lowest BCUT2D eigenvalue weighted by Gasteiger charge is -2.09. The van der Waals surface area contributed by atoms with Crippen molar-refractivity contribution in [1.29, 1.82) is 0 Å². The lowest BCUT2D eigenvalue weighted by atomic mass is 10.0. The second-order valence-corrected chi connectivity index (χ2v) is 6.44. The van der Waals surface area contributed by atoms with E-state index in [0.717, 1.165) is 34.4 Å². The van der Waals surface area contributed by atoms with E-state index < -0.39 is 17.6 Å². The van der Waals surface area contributed by atoms with Gasteiger partial charge in [-0.25, -0.2) is 0 Å². The molecule has 6 heteroatoms. The summed E-state index contributed by atoms with van der Waals surface area (Å²) in [7, 11) is 0. The molecule has 0 aromatic heterocycles. The molecule has 28 heavy (non-hydrogen) atoms. The number of nitrogens with one attached hydrogen (secondary N) is 1. The fourth-order valence-corrected chi connectivity index (χ4v) is 2.83. The summed E-state index contributed by atoms with van der Waals surface area (Å²) < 4.78 is 37.7. The zero-order chi connectivity index (χ0) is 20.1. The molecule has 3 rings (SSSR count). The van der Waals surface area contributed by atoms with Crippen molar-refractivity contribution in [3.05, 3.63) is 95.1 Å². The predicted octanol–water partition coefficient (Wildman–Crippen LogP) is 4.76. The van der Waals surface area contributed by atoms with E-state index in [1.54, 1.807) is 18.2 Å². The molecule has 0 aliphatic heterocycles. The third-order valence-electron chi connectivity index (χ3n) is 4.37. The molecule has 0 aliphatic rings. The van der Waals surface area contributed by atoms with E-state index in [1.165, 1.54) is 12.1 Å². The molecule has 3 N–H and O–H groups in total. The minimum Gasteiger partial charge on any atom is -0.366 e. The van der Waals surface area contributed by atoms with E-state index in [9.17, 15) is 18.0 Å². The molecule has 0 bridgehead atoms. The summed E-state index contributed by atoms with van der Waals surface area (Å²) >= 11 is 0. The van der Waals surface area contributed by atoms with Crippen LogP contribution in [0, 0.1) is 0 Å². The van der Waals surface area contributed by atoms with Crippen LogP contribution < -0.4 is 11.1 Å². The smallest absolute Gasteiger partial charge is 0.366 e. The maximum atomic E-state index is 12.6. The molecule has 0 heterocycles. The minimum absolute atomic E-state index is 0.458. The number of alkyl halides is 3. The molecule has 0 aliphatic carbocycles. The average molecular weight is 384 g/mol. The highest BCUT2D eigenvalue weighted by molar-refractivity contribution is 5.94. The van der Waals surface area contributed by atoms with Crippen LogP contribution >= 0.6 is 0 Å². The number of hydrogen-bond acceptors (Lipinski definition) is 2. The summed E-state index contributed by atoms with van der Waals surface area (Å²) in [6, 6.07) is 20.1. The summed E-state index contributed by atoms with van der Waals surface area (Å²) in [5.41, 5.74) is 8.83. The Morgan fingerprint density at radius 3 is 1.93 bits per heavy atom. The largest absolute Gasteiger partial charge is 0.416 e. The Kier molecular flexibility index (Phi) is 5.80. The van der Waals surface area contributed by atoms with Crippen molar-refractivity contribution in [3.63, 3.8) is 0 Å². The molecule has 3 aromatic carbocycles. The predicted molar refractivity (Wildman–Crippen MR) is 102 cm³/mol. The number of rotatable bonds is 6. The maximum absolute atomic E-state index is 12.6. The number of hydrogen-bond donors (Lipinski definition) is 2. The molecule has 0 unspecified atom stereocenters. The molecule has 3 aromatic rings. The molecular weight excluding hydrogens is 365 g/mol. The Balaban J connectivity index is 1.58. The molecule has 0 atom stereocenters. The number of nitrogens with two attached hydrogens (primary N) is 1. The molecule has 0 saturated heterocycles. The van der Waals surface area contributed by atoms with Gasteiger partial charge in [-0.15, -0.1) is 0 Å². The number of benzene rings is 3. The van der Waals surface area contributed by atoms with Crippen LogP contribution in [0.15, 0.2) is 72.8 Å². The molecule has 3 nitrogen and oxygen atoms in total. The van der Waals surface area contributed by atoms with Gasteiger partial charge in [0.25, 0.3) is 0 Å². The van der Waals surface area contributed by atoms with E-state index in [1.807, 2.05) is 30.3 Å². The Labute approximate surface area is 161 Å². The molecule has 0 spiro atoms. The Morgan fingerprint density at radius 2 is 1.39 bits per heavy atom. The van der Waals surface area contributed by atoms with Crippen LogP contribution in [0.3, 0.4) is 0 Å². The third kappa shape index (κ3) is 4.98. The lowest BCUT2D eigenvalue weighted by Crippen LogP contribution is -2.13. The van der Waals surface area contributed by atoms with E-state index in [-0.39, 0.29) is 0 Å². The highest BCUT2D eigenvalue weighted by atomic mass is 19.4. The zero-order valence-electron chi connectivity index (χ0n) is 15.0. The number of carbonyl (C=O) groups excluding carboxylic acids is 1. The summed E-state index contributed by atoms with van der Waals surface area (Å²) in [5.74, 6) is -0.467. The van der Waals surface area contributed by atoms with Crippen LogP contribution in [0.2, 0.25) is 0 Å². The van der Waals surface area contributed by atoms with Crippen molar-refractivity contribution in [3.8, 4) is 11.1 Å². The third-order valence-corrected chi connectivity index (χ3v) is 4.37.